The summed E-state index contributed by atoms with van der Waals surface area (Å²) in [5, 5.41) is 11.0. The number of benzene rings is 1. The maximum absolute atomic E-state index is 9.93. The van der Waals surface area contributed by atoms with Crippen molar-refractivity contribution in [2.45, 2.75) is 27.7 Å². The highest BCUT2D eigenvalue weighted by molar-refractivity contribution is 5.75. The smallest absolute Gasteiger partial charge is 0.217 e. The van der Waals surface area contributed by atoms with Gasteiger partial charge in [-0.1, -0.05) is 31.5 Å². The summed E-state index contributed by atoms with van der Waals surface area (Å²) in [5.74, 6) is 0.155. The number of rotatable bonds is 2. The quantitative estimate of drug-likeness (QED) is 0.776. The second kappa shape index (κ2) is 12.2. The molecule has 0 fully saturated rings. The summed E-state index contributed by atoms with van der Waals surface area (Å²) in [5.41, 5.74) is 1.17. The topological polar surface area (TPSA) is 66.4 Å². The third kappa shape index (κ3) is 14.2. The molecule has 0 saturated carbocycles. The van der Waals surface area contributed by atoms with E-state index < -0.39 is 0 Å². The van der Waals surface area contributed by atoms with E-state index in [0.717, 1.165) is 0 Å². The first-order chi connectivity index (χ1) is 8.06. The van der Waals surface area contributed by atoms with Crippen LogP contribution in [0.1, 0.15) is 26.3 Å². The van der Waals surface area contributed by atoms with Gasteiger partial charge in [0, 0.05) is 6.92 Å². The van der Waals surface area contributed by atoms with Crippen molar-refractivity contribution in [1.29, 1.82) is 0 Å². The van der Waals surface area contributed by atoms with Gasteiger partial charge in [0.05, 0.1) is 6.54 Å². The van der Waals surface area contributed by atoms with E-state index in [2.05, 4.69) is 5.32 Å². The molecule has 4 heteroatoms. The van der Waals surface area contributed by atoms with Gasteiger partial charge in [-0.25, -0.2) is 0 Å². The molecular weight excluding hydrogens is 218 g/mol. The number of carbonyl (C=O) groups is 2. The molecule has 0 heterocycles. The predicted molar refractivity (Wildman–Crippen MR) is 68.9 cm³/mol. The number of amides is 1. The van der Waals surface area contributed by atoms with E-state index in [-0.39, 0.29) is 12.5 Å². The maximum atomic E-state index is 9.93. The minimum atomic E-state index is -0.174. The van der Waals surface area contributed by atoms with E-state index in [0.29, 0.717) is 12.0 Å². The van der Waals surface area contributed by atoms with Crippen LogP contribution in [0.2, 0.25) is 0 Å². The van der Waals surface area contributed by atoms with E-state index >= 15 is 0 Å². The third-order valence-electron chi connectivity index (χ3n) is 1.47. The van der Waals surface area contributed by atoms with Crippen LogP contribution in [0, 0.1) is 6.92 Å². The molecule has 1 rings (SSSR count). The lowest BCUT2D eigenvalue weighted by Crippen LogP contribution is -2.21. The molecule has 0 atom stereocenters. The molecule has 2 N–H and O–H groups in total. The van der Waals surface area contributed by atoms with Crippen LogP contribution in [0.25, 0.3) is 0 Å². The van der Waals surface area contributed by atoms with Crippen LogP contribution in [-0.2, 0) is 9.59 Å². The largest absolute Gasteiger partial charge is 0.508 e. The SMILES string of the molecule is CC.CC(=O)NCC=O.Cc1ccc(O)cc1. The number of carbonyl (C=O) groups excluding carboxylic acids is 2. The van der Waals surface area contributed by atoms with Crippen molar-refractivity contribution in [3.63, 3.8) is 0 Å². The lowest BCUT2D eigenvalue weighted by atomic mass is 10.2. The molecule has 0 radical (unpaired) electrons. The molecule has 0 aromatic heterocycles. The van der Waals surface area contributed by atoms with Crippen molar-refractivity contribution < 1.29 is 14.7 Å². The van der Waals surface area contributed by atoms with Crippen molar-refractivity contribution in [2.75, 3.05) is 6.54 Å². The van der Waals surface area contributed by atoms with E-state index in [1.807, 2.05) is 32.9 Å². The van der Waals surface area contributed by atoms with Crippen LogP contribution in [0.5, 0.6) is 5.75 Å². The van der Waals surface area contributed by atoms with Gasteiger partial charge in [-0.2, -0.15) is 0 Å². The molecule has 96 valence electrons. The zero-order chi connectivity index (χ0) is 13.7. The summed E-state index contributed by atoms with van der Waals surface area (Å²) in [6.07, 6.45) is 0.640. The van der Waals surface area contributed by atoms with Crippen LogP contribution in [0.4, 0.5) is 0 Å². The number of nitrogens with one attached hydrogen (secondary N) is 1. The second-order valence-electron chi connectivity index (χ2n) is 2.94. The van der Waals surface area contributed by atoms with Crippen LogP contribution in [0.3, 0.4) is 0 Å². The Kier molecular flexibility index (Phi) is 12.6. The first-order valence-electron chi connectivity index (χ1n) is 5.50. The zero-order valence-corrected chi connectivity index (χ0v) is 10.9. The van der Waals surface area contributed by atoms with Gasteiger partial charge in [0.2, 0.25) is 5.91 Å². The minimum Gasteiger partial charge on any atom is -0.508 e. The normalized spacial score (nSPS) is 7.76. The van der Waals surface area contributed by atoms with Gasteiger partial charge in [0.25, 0.3) is 0 Å². The van der Waals surface area contributed by atoms with Gasteiger partial charge in [-0.3, -0.25) is 4.79 Å². The van der Waals surface area contributed by atoms with Gasteiger partial charge >= 0.3 is 0 Å². The standard InChI is InChI=1S/C7H8O.C4H7NO2.C2H6/c1-6-2-4-7(8)5-3-6;1-4(7)5-2-3-6;1-2/h2-5,8H,1H3;3H,2H2,1H3,(H,5,7);1-2H3. The summed E-state index contributed by atoms with van der Waals surface area (Å²) in [4.78, 5) is 19.4. The Morgan fingerprint density at radius 1 is 1.29 bits per heavy atom. The van der Waals surface area contributed by atoms with Crippen molar-refractivity contribution in [3.05, 3.63) is 29.8 Å². The van der Waals surface area contributed by atoms with Crippen LogP contribution in [-0.4, -0.2) is 23.8 Å². The Hall–Kier alpha value is -1.84. The summed E-state index contributed by atoms with van der Waals surface area (Å²) in [7, 11) is 0. The first-order valence-corrected chi connectivity index (χ1v) is 5.50. The van der Waals surface area contributed by atoms with Crippen molar-refractivity contribution in [2.24, 2.45) is 0 Å². The number of hydrogen-bond acceptors (Lipinski definition) is 3. The van der Waals surface area contributed by atoms with Gasteiger partial charge in [-0.05, 0) is 19.1 Å². The number of hydrogen-bond donors (Lipinski definition) is 2. The van der Waals surface area contributed by atoms with Gasteiger partial charge in [-0.15, -0.1) is 0 Å². The van der Waals surface area contributed by atoms with Gasteiger partial charge < -0.3 is 15.2 Å². The lowest BCUT2D eigenvalue weighted by molar-refractivity contribution is -0.120. The molecule has 0 unspecified atom stereocenters. The molecule has 0 aliphatic carbocycles. The van der Waals surface area contributed by atoms with Crippen molar-refractivity contribution >= 4 is 12.2 Å². The average Bonchev–Trinajstić information content (AvgIpc) is 2.34. The number of phenolic OH excluding ortho intramolecular Hbond substituents is 1. The van der Waals surface area contributed by atoms with Crippen LogP contribution >= 0.6 is 0 Å². The first kappa shape index (κ1) is 17.6. The Morgan fingerprint density at radius 3 is 2.00 bits per heavy atom. The van der Waals surface area contributed by atoms with Crippen molar-refractivity contribution in [3.8, 4) is 5.75 Å². The molecule has 0 aliphatic rings. The van der Waals surface area contributed by atoms with E-state index in [1.165, 1.54) is 12.5 Å². The highest BCUT2D eigenvalue weighted by Crippen LogP contribution is 2.07. The molecule has 17 heavy (non-hydrogen) atoms. The van der Waals surface area contributed by atoms with Crippen LogP contribution in [0.15, 0.2) is 24.3 Å². The summed E-state index contributed by atoms with van der Waals surface area (Å²) < 4.78 is 0. The Morgan fingerprint density at radius 2 is 1.76 bits per heavy atom. The van der Waals surface area contributed by atoms with Crippen molar-refractivity contribution in [1.82, 2.24) is 5.32 Å². The number of aryl methyl sites for hydroxylation is 1. The molecular formula is C13H21NO3. The minimum absolute atomic E-state index is 0.120. The number of phenols is 1. The summed E-state index contributed by atoms with van der Waals surface area (Å²) >= 11 is 0. The van der Waals surface area contributed by atoms with E-state index in [1.54, 1.807) is 12.1 Å². The predicted octanol–water partition coefficient (Wildman–Crippen LogP) is 2.05. The zero-order valence-electron chi connectivity index (χ0n) is 10.9. The number of aldehydes is 1. The van der Waals surface area contributed by atoms with E-state index in [4.69, 9.17) is 5.11 Å². The highest BCUT2D eigenvalue weighted by atomic mass is 16.3. The molecule has 0 spiro atoms. The molecule has 0 saturated heterocycles. The Bertz CT molecular complexity index is 286. The fourth-order valence-corrected chi connectivity index (χ4v) is 0.730. The monoisotopic (exact) mass is 239 g/mol. The molecule has 4 nitrogen and oxygen atoms in total. The third-order valence-corrected chi connectivity index (χ3v) is 1.47. The molecule has 1 aromatic rings. The fourth-order valence-electron chi connectivity index (χ4n) is 0.730. The number of aromatic hydroxyl groups is 1. The van der Waals surface area contributed by atoms with Gasteiger partial charge in [0.1, 0.15) is 12.0 Å². The molecule has 1 aromatic carbocycles. The Balaban J connectivity index is 0. The van der Waals surface area contributed by atoms with E-state index in [9.17, 15) is 9.59 Å². The molecule has 0 bridgehead atoms. The maximum Gasteiger partial charge on any atom is 0.217 e. The Labute approximate surface area is 103 Å². The average molecular weight is 239 g/mol. The highest BCUT2D eigenvalue weighted by Gasteiger charge is 1.83. The lowest BCUT2D eigenvalue weighted by Gasteiger charge is -1.89. The summed E-state index contributed by atoms with van der Waals surface area (Å²) in [6, 6.07) is 7.09. The molecule has 0 aliphatic heterocycles. The fraction of sp³-hybridized carbons (Fsp3) is 0.385. The second-order valence-corrected chi connectivity index (χ2v) is 2.94. The van der Waals surface area contributed by atoms with Crippen LogP contribution < -0.4 is 5.32 Å². The van der Waals surface area contributed by atoms with Gasteiger partial charge in [0.15, 0.2) is 0 Å². The summed E-state index contributed by atoms with van der Waals surface area (Å²) in [6.45, 7) is 7.47. The molecule has 1 amide bonds.